The third-order valence-corrected chi connectivity index (χ3v) is 5.86. The Labute approximate surface area is 125 Å². The van der Waals surface area contributed by atoms with Gasteiger partial charge in [0.25, 0.3) is 0 Å². The molecule has 0 radical (unpaired) electrons. The minimum absolute atomic E-state index is 0.257. The average molecular weight is 281 g/mol. The van der Waals surface area contributed by atoms with Gasteiger partial charge < -0.3 is 5.73 Å². The van der Waals surface area contributed by atoms with E-state index in [0.717, 1.165) is 12.5 Å². The van der Waals surface area contributed by atoms with Crippen molar-refractivity contribution in [2.24, 2.45) is 17.1 Å². The highest BCUT2D eigenvalue weighted by molar-refractivity contribution is 5.02. The maximum Gasteiger partial charge on any atom is 0.0470 e. The van der Waals surface area contributed by atoms with Gasteiger partial charge in [-0.25, -0.2) is 0 Å². The molecule has 118 valence electrons. The molecule has 3 nitrogen and oxygen atoms in total. The van der Waals surface area contributed by atoms with Gasteiger partial charge >= 0.3 is 0 Å². The first-order chi connectivity index (χ1) is 9.28. The lowest BCUT2D eigenvalue weighted by Gasteiger charge is -2.47. The van der Waals surface area contributed by atoms with Crippen LogP contribution in [-0.4, -0.2) is 54.1 Å². The molecule has 0 bridgehead atoms. The molecule has 2 saturated heterocycles. The molecule has 0 aromatic heterocycles. The van der Waals surface area contributed by atoms with Gasteiger partial charge in [0, 0.05) is 31.2 Å². The number of likely N-dealkylation sites (tertiary alicyclic amines) is 2. The van der Waals surface area contributed by atoms with Crippen LogP contribution < -0.4 is 5.73 Å². The van der Waals surface area contributed by atoms with E-state index >= 15 is 0 Å². The number of piperidine rings is 1. The van der Waals surface area contributed by atoms with Crippen LogP contribution in [0.25, 0.3) is 0 Å². The molecule has 0 aliphatic carbocycles. The SMILES string of the molecule is CC(C)N1CCC(CN)(N2CCC(C(C)(C)C)CC2)C1. The summed E-state index contributed by atoms with van der Waals surface area (Å²) >= 11 is 0. The van der Waals surface area contributed by atoms with E-state index in [2.05, 4.69) is 44.4 Å². The summed E-state index contributed by atoms with van der Waals surface area (Å²) in [5.74, 6) is 0.871. The third-order valence-electron chi connectivity index (χ3n) is 5.86. The molecule has 2 fully saturated rings. The van der Waals surface area contributed by atoms with Crippen LogP contribution in [0.1, 0.15) is 53.9 Å². The zero-order valence-corrected chi connectivity index (χ0v) is 14.3. The first-order valence-electron chi connectivity index (χ1n) is 8.48. The lowest BCUT2D eigenvalue weighted by molar-refractivity contribution is 0.0321. The summed E-state index contributed by atoms with van der Waals surface area (Å²) in [6.45, 7) is 17.5. The molecule has 20 heavy (non-hydrogen) atoms. The van der Waals surface area contributed by atoms with Crippen molar-refractivity contribution in [2.45, 2.75) is 65.5 Å². The second-order valence-electron chi connectivity index (χ2n) is 8.37. The van der Waals surface area contributed by atoms with Gasteiger partial charge in [0.2, 0.25) is 0 Å². The van der Waals surface area contributed by atoms with Crippen LogP contribution in [-0.2, 0) is 0 Å². The Morgan fingerprint density at radius 1 is 1.15 bits per heavy atom. The molecule has 0 saturated carbocycles. The zero-order chi connectivity index (χ0) is 15.0. The Morgan fingerprint density at radius 2 is 1.75 bits per heavy atom. The second-order valence-corrected chi connectivity index (χ2v) is 8.37. The first kappa shape index (κ1) is 16.3. The molecule has 2 N–H and O–H groups in total. The highest BCUT2D eigenvalue weighted by Crippen LogP contribution is 2.38. The number of rotatable bonds is 3. The monoisotopic (exact) mass is 281 g/mol. The molecule has 0 spiro atoms. The Balaban J connectivity index is 1.98. The standard InChI is InChI=1S/C17H35N3/c1-14(2)19-11-8-17(12-18,13-19)20-9-6-15(7-10-20)16(3,4)5/h14-15H,6-13,18H2,1-5H3. The fourth-order valence-corrected chi connectivity index (χ4v) is 4.10. The lowest BCUT2D eigenvalue weighted by Crippen LogP contribution is -2.58. The summed E-state index contributed by atoms with van der Waals surface area (Å²) in [6, 6.07) is 0.649. The van der Waals surface area contributed by atoms with Gasteiger partial charge in [0.15, 0.2) is 0 Å². The number of hydrogen-bond donors (Lipinski definition) is 1. The van der Waals surface area contributed by atoms with Gasteiger partial charge in [-0.1, -0.05) is 20.8 Å². The van der Waals surface area contributed by atoms with Crippen LogP contribution in [0.2, 0.25) is 0 Å². The van der Waals surface area contributed by atoms with Gasteiger partial charge in [-0.05, 0) is 57.5 Å². The van der Waals surface area contributed by atoms with Gasteiger partial charge in [0.1, 0.15) is 0 Å². The molecule has 3 heteroatoms. The molecule has 0 aromatic carbocycles. The van der Waals surface area contributed by atoms with E-state index in [4.69, 9.17) is 5.73 Å². The van der Waals surface area contributed by atoms with E-state index in [-0.39, 0.29) is 5.54 Å². The molecule has 2 aliphatic heterocycles. The van der Waals surface area contributed by atoms with Crippen LogP contribution in [0.4, 0.5) is 0 Å². The zero-order valence-electron chi connectivity index (χ0n) is 14.3. The summed E-state index contributed by atoms with van der Waals surface area (Å²) in [5.41, 5.74) is 6.93. The summed E-state index contributed by atoms with van der Waals surface area (Å²) in [6.07, 6.45) is 3.93. The number of nitrogens with two attached hydrogens (primary N) is 1. The molecule has 2 aliphatic rings. The molecule has 2 rings (SSSR count). The largest absolute Gasteiger partial charge is 0.329 e. The molecule has 0 aromatic rings. The van der Waals surface area contributed by atoms with Crippen molar-refractivity contribution in [1.82, 2.24) is 9.80 Å². The predicted octanol–water partition coefficient (Wildman–Crippen LogP) is 2.56. The Kier molecular flexibility index (Phi) is 4.83. The molecule has 2 heterocycles. The number of hydrogen-bond acceptors (Lipinski definition) is 3. The molecule has 1 atom stereocenters. The van der Waals surface area contributed by atoms with Crippen LogP contribution in [0, 0.1) is 11.3 Å². The van der Waals surface area contributed by atoms with Crippen molar-refractivity contribution in [2.75, 3.05) is 32.7 Å². The fraction of sp³-hybridized carbons (Fsp3) is 1.00. The van der Waals surface area contributed by atoms with Crippen molar-refractivity contribution in [1.29, 1.82) is 0 Å². The smallest absolute Gasteiger partial charge is 0.0470 e. The average Bonchev–Trinajstić information content (AvgIpc) is 2.84. The van der Waals surface area contributed by atoms with E-state index in [0.29, 0.717) is 11.5 Å². The highest BCUT2D eigenvalue weighted by atomic mass is 15.3. The summed E-state index contributed by atoms with van der Waals surface area (Å²) in [7, 11) is 0. The van der Waals surface area contributed by atoms with E-state index < -0.39 is 0 Å². The van der Waals surface area contributed by atoms with Crippen LogP contribution in [0.3, 0.4) is 0 Å². The first-order valence-corrected chi connectivity index (χ1v) is 8.48. The summed E-state index contributed by atoms with van der Waals surface area (Å²) in [5, 5.41) is 0. The van der Waals surface area contributed by atoms with Crippen molar-refractivity contribution in [3.05, 3.63) is 0 Å². The fourth-order valence-electron chi connectivity index (χ4n) is 4.10. The minimum atomic E-state index is 0.257. The van der Waals surface area contributed by atoms with Crippen molar-refractivity contribution < 1.29 is 0 Å². The van der Waals surface area contributed by atoms with E-state index in [1.165, 1.54) is 45.4 Å². The van der Waals surface area contributed by atoms with E-state index in [1.807, 2.05) is 0 Å². The normalized spacial score (nSPS) is 31.4. The number of nitrogens with zero attached hydrogens (tertiary/aromatic N) is 2. The Morgan fingerprint density at radius 3 is 2.15 bits per heavy atom. The van der Waals surface area contributed by atoms with E-state index in [1.54, 1.807) is 0 Å². The maximum absolute atomic E-state index is 6.21. The van der Waals surface area contributed by atoms with Crippen molar-refractivity contribution >= 4 is 0 Å². The third kappa shape index (κ3) is 3.20. The van der Waals surface area contributed by atoms with Gasteiger partial charge in [0.05, 0.1) is 0 Å². The lowest BCUT2D eigenvalue weighted by atomic mass is 9.74. The van der Waals surface area contributed by atoms with Gasteiger partial charge in [-0.3, -0.25) is 9.80 Å². The minimum Gasteiger partial charge on any atom is -0.329 e. The molecular formula is C17H35N3. The molecular weight excluding hydrogens is 246 g/mol. The molecule has 0 amide bonds. The second kappa shape index (κ2) is 5.94. The Hall–Kier alpha value is -0.120. The quantitative estimate of drug-likeness (QED) is 0.863. The topological polar surface area (TPSA) is 32.5 Å². The van der Waals surface area contributed by atoms with Gasteiger partial charge in [-0.2, -0.15) is 0 Å². The van der Waals surface area contributed by atoms with Crippen molar-refractivity contribution in [3.63, 3.8) is 0 Å². The predicted molar refractivity (Wildman–Crippen MR) is 86.9 cm³/mol. The van der Waals surface area contributed by atoms with Gasteiger partial charge in [-0.15, -0.1) is 0 Å². The Bertz CT molecular complexity index is 313. The summed E-state index contributed by atoms with van der Waals surface area (Å²) in [4.78, 5) is 5.32. The van der Waals surface area contributed by atoms with Crippen molar-refractivity contribution in [3.8, 4) is 0 Å². The maximum atomic E-state index is 6.21. The van der Waals surface area contributed by atoms with Crippen LogP contribution in [0.5, 0.6) is 0 Å². The summed E-state index contributed by atoms with van der Waals surface area (Å²) < 4.78 is 0. The highest BCUT2D eigenvalue weighted by Gasteiger charge is 2.44. The van der Waals surface area contributed by atoms with E-state index in [9.17, 15) is 0 Å². The van der Waals surface area contributed by atoms with Crippen LogP contribution in [0.15, 0.2) is 0 Å². The van der Waals surface area contributed by atoms with Crippen LogP contribution >= 0.6 is 0 Å². The molecule has 1 unspecified atom stereocenters.